The molecule has 2 aromatic carbocycles. The van der Waals surface area contributed by atoms with E-state index in [2.05, 4.69) is 28.5 Å². The van der Waals surface area contributed by atoms with Gasteiger partial charge in [0.25, 0.3) is 11.8 Å². The Morgan fingerprint density at radius 1 is 1.17 bits per heavy atom. The number of aliphatic hydroxyl groups excluding tert-OH is 1. The monoisotopic (exact) mass is 484 g/mol. The van der Waals surface area contributed by atoms with Crippen LogP contribution in [-0.4, -0.2) is 44.2 Å². The van der Waals surface area contributed by atoms with Crippen molar-refractivity contribution in [3.05, 3.63) is 76.0 Å². The number of hydrogen-bond donors (Lipinski definition) is 3. The molecule has 0 radical (unpaired) electrons. The van der Waals surface area contributed by atoms with Gasteiger partial charge in [0.2, 0.25) is 0 Å². The zero-order valence-electron chi connectivity index (χ0n) is 21.0. The van der Waals surface area contributed by atoms with Gasteiger partial charge in [-0.3, -0.25) is 14.7 Å². The van der Waals surface area contributed by atoms with E-state index >= 15 is 0 Å². The summed E-state index contributed by atoms with van der Waals surface area (Å²) in [6, 6.07) is 13.8. The highest BCUT2D eigenvalue weighted by atomic mass is 16.3. The Hall–Kier alpha value is -3.45. The van der Waals surface area contributed by atoms with Crippen molar-refractivity contribution in [3.63, 3.8) is 0 Å². The number of carbonyl (C=O) groups excluding carboxylic acids is 2. The minimum atomic E-state index is -0.402. The van der Waals surface area contributed by atoms with Gasteiger partial charge in [0.1, 0.15) is 0 Å². The molecule has 7 nitrogen and oxygen atoms in total. The zero-order valence-corrected chi connectivity index (χ0v) is 21.0. The van der Waals surface area contributed by atoms with Crippen LogP contribution in [0.15, 0.2) is 42.5 Å². The van der Waals surface area contributed by atoms with Gasteiger partial charge in [-0.05, 0) is 74.9 Å². The average molecular weight is 485 g/mol. The summed E-state index contributed by atoms with van der Waals surface area (Å²) in [4.78, 5) is 27.5. The molecule has 0 saturated heterocycles. The van der Waals surface area contributed by atoms with Gasteiger partial charge in [-0.15, -0.1) is 0 Å². The molecular weight excluding hydrogens is 452 g/mol. The Balaban J connectivity index is 1.20. The zero-order chi connectivity index (χ0) is 25.2. The number of nitrogens with zero attached hydrogens (tertiary/aromatic N) is 2. The van der Waals surface area contributed by atoms with Crippen molar-refractivity contribution < 1.29 is 14.7 Å². The summed E-state index contributed by atoms with van der Waals surface area (Å²) in [6.07, 6.45) is 3.27. The lowest BCUT2D eigenvalue weighted by atomic mass is 9.82. The highest BCUT2D eigenvalue weighted by molar-refractivity contribution is 5.99. The first-order chi connectivity index (χ1) is 17.2. The van der Waals surface area contributed by atoms with Crippen LogP contribution in [-0.2, 0) is 19.4 Å². The first kappa shape index (κ1) is 23.0. The number of nitrogens with one attached hydrogen (secondary N) is 2. The second-order valence-corrected chi connectivity index (χ2v) is 11.1. The third-order valence-corrected chi connectivity index (χ3v) is 8.37. The fourth-order valence-electron chi connectivity index (χ4n) is 5.53. The lowest BCUT2D eigenvalue weighted by molar-refractivity contribution is 0.0596. The van der Waals surface area contributed by atoms with Crippen molar-refractivity contribution >= 4 is 11.8 Å². The van der Waals surface area contributed by atoms with Crippen LogP contribution in [0.3, 0.4) is 0 Å². The molecule has 1 fully saturated rings. The van der Waals surface area contributed by atoms with Gasteiger partial charge in [0, 0.05) is 45.9 Å². The number of rotatable bonds is 6. The molecule has 6 rings (SSSR count). The Bertz CT molecular complexity index is 1360. The van der Waals surface area contributed by atoms with Gasteiger partial charge >= 0.3 is 0 Å². The number of benzene rings is 2. The molecule has 2 unspecified atom stereocenters. The molecule has 3 N–H and O–H groups in total. The number of fused-ring (bicyclic) bond motifs is 2. The molecule has 3 aromatic rings. The number of aliphatic hydroxyl groups is 1. The van der Waals surface area contributed by atoms with Crippen LogP contribution in [0.1, 0.15) is 82.8 Å². The first-order valence-corrected chi connectivity index (χ1v) is 12.8. The van der Waals surface area contributed by atoms with Crippen LogP contribution in [0.25, 0.3) is 11.3 Å². The Labute approximate surface area is 210 Å². The molecule has 2 aliphatic carbocycles. The summed E-state index contributed by atoms with van der Waals surface area (Å²) in [5, 5.41) is 21.1. The molecule has 2 heterocycles. The van der Waals surface area contributed by atoms with E-state index < -0.39 is 6.10 Å². The largest absolute Gasteiger partial charge is 0.393 e. The maximum Gasteiger partial charge on any atom is 0.255 e. The van der Waals surface area contributed by atoms with Crippen molar-refractivity contribution in [2.45, 2.75) is 71.2 Å². The molecule has 1 aromatic heterocycles. The molecule has 0 bridgehead atoms. The SMILES string of the molecule is CC(O)C1(C)Cc2[nH]nc(-c3ccc4c(c3)CN([C@H](C)c3ccc(C(=O)NC5CC5)cc3)C4=O)c2C1. The highest BCUT2D eigenvalue weighted by Crippen LogP contribution is 2.43. The van der Waals surface area contributed by atoms with Gasteiger partial charge in [-0.2, -0.15) is 5.10 Å². The second-order valence-electron chi connectivity index (χ2n) is 11.1. The molecule has 3 atom stereocenters. The van der Waals surface area contributed by atoms with Crippen LogP contribution < -0.4 is 5.32 Å². The van der Waals surface area contributed by atoms with E-state index in [1.165, 1.54) is 5.56 Å². The number of aromatic amines is 1. The minimum Gasteiger partial charge on any atom is -0.393 e. The van der Waals surface area contributed by atoms with Crippen LogP contribution >= 0.6 is 0 Å². The smallest absolute Gasteiger partial charge is 0.255 e. The summed E-state index contributed by atoms with van der Waals surface area (Å²) in [5.41, 5.74) is 7.36. The van der Waals surface area contributed by atoms with Crippen LogP contribution in [0.2, 0.25) is 0 Å². The van der Waals surface area contributed by atoms with Crippen LogP contribution in [0, 0.1) is 5.41 Å². The molecule has 36 heavy (non-hydrogen) atoms. The topological polar surface area (TPSA) is 98.3 Å². The van der Waals surface area contributed by atoms with E-state index in [9.17, 15) is 14.7 Å². The number of amides is 2. The van der Waals surface area contributed by atoms with Crippen LogP contribution in [0.4, 0.5) is 0 Å². The van der Waals surface area contributed by atoms with E-state index in [1.807, 2.05) is 55.1 Å². The first-order valence-electron chi connectivity index (χ1n) is 12.8. The lowest BCUT2D eigenvalue weighted by Gasteiger charge is -2.27. The molecule has 186 valence electrons. The Morgan fingerprint density at radius 2 is 1.92 bits per heavy atom. The quantitative estimate of drug-likeness (QED) is 0.489. The molecule has 1 saturated carbocycles. The maximum absolute atomic E-state index is 13.3. The number of carbonyl (C=O) groups is 2. The van der Waals surface area contributed by atoms with Crippen molar-refractivity contribution in [2.75, 3.05) is 0 Å². The van der Waals surface area contributed by atoms with Crippen molar-refractivity contribution in [2.24, 2.45) is 5.41 Å². The predicted octanol–water partition coefficient (Wildman–Crippen LogP) is 4.17. The van der Waals surface area contributed by atoms with Crippen LogP contribution in [0.5, 0.6) is 0 Å². The van der Waals surface area contributed by atoms with Gasteiger partial charge in [0.15, 0.2) is 0 Å². The van der Waals surface area contributed by atoms with Gasteiger partial charge in [-0.25, -0.2) is 0 Å². The lowest BCUT2D eigenvalue weighted by Crippen LogP contribution is -2.30. The predicted molar refractivity (Wildman–Crippen MR) is 136 cm³/mol. The van der Waals surface area contributed by atoms with E-state index in [0.29, 0.717) is 18.2 Å². The fraction of sp³-hybridized carbons (Fsp3) is 0.414. The highest BCUT2D eigenvalue weighted by Gasteiger charge is 2.40. The van der Waals surface area contributed by atoms with Crippen molar-refractivity contribution in [1.29, 1.82) is 0 Å². The Kier molecular flexibility index (Phi) is 5.30. The third-order valence-electron chi connectivity index (χ3n) is 8.37. The molecular formula is C29H32N4O3. The molecule has 1 aliphatic heterocycles. The second kappa shape index (κ2) is 8.30. The summed E-state index contributed by atoms with van der Waals surface area (Å²) in [5.74, 6) is -0.0129. The van der Waals surface area contributed by atoms with Crippen molar-refractivity contribution in [3.8, 4) is 11.3 Å². The molecule has 2 amide bonds. The van der Waals surface area contributed by atoms with Gasteiger partial charge in [0.05, 0.1) is 17.8 Å². The number of aromatic nitrogens is 2. The van der Waals surface area contributed by atoms with E-state index in [1.54, 1.807) is 0 Å². The van der Waals surface area contributed by atoms with Gasteiger partial charge in [-0.1, -0.05) is 25.1 Å². The van der Waals surface area contributed by atoms with E-state index in [0.717, 1.165) is 59.3 Å². The van der Waals surface area contributed by atoms with E-state index in [-0.39, 0.29) is 23.3 Å². The summed E-state index contributed by atoms with van der Waals surface area (Å²) < 4.78 is 0. The fourth-order valence-corrected chi connectivity index (χ4v) is 5.53. The number of H-pyrrole nitrogens is 1. The van der Waals surface area contributed by atoms with Gasteiger partial charge < -0.3 is 15.3 Å². The summed E-state index contributed by atoms with van der Waals surface area (Å²) in [7, 11) is 0. The average Bonchev–Trinajstić information content (AvgIpc) is 3.37. The molecule has 3 aliphatic rings. The van der Waals surface area contributed by atoms with E-state index in [4.69, 9.17) is 0 Å². The summed E-state index contributed by atoms with van der Waals surface area (Å²) in [6.45, 7) is 6.53. The molecule has 0 spiro atoms. The minimum absolute atomic E-state index is 0.0218. The Morgan fingerprint density at radius 3 is 2.61 bits per heavy atom. The maximum atomic E-state index is 13.3. The third kappa shape index (κ3) is 3.82. The standard InChI is InChI=1S/C29H32N4O3/c1-16(18-4-6-19(7-5-18)27(35)30-22-9-10-22)33-15-21-12-20(8-11-23(21)28(33)36)26-24-13-29(3,17(2)34)14-25(24)31-32-26/h4-8,11-12,16-17,22,34H,9-10,13-15H2,1-3H3,(H,30,35)(H,31,32)/t16-,17?,29?/m1/s1. The molecule has 7 heteroatoms. The number of hydrogen-bond acceptors (Lipinski definition) is 4. The van der Waals surface area contributed by atoms with Crippen molar-refractivity contribution in [1.82, 2.24) is 20.4 Å². The summed E-state index contributed by atoms with van der Waals surface area (Å²) >= 11 is 0. The normalized spacial score (nSPS) is 22.3.